The summed E-state index contributed by atoms with van der Waals surface area (Å²) in [7, 11) is 1.42. The van der Waals surface area contributed by atoms with Crippen LogP contribution in [0.4, 0.5) is 0 Å². The average Bonchev–Trinajstić information content (AvgIpc) is 3.29. The van der Waals surface area contributed by atoms with Gasteiger partial charge in [-0.1, -0.05) is 6.07 Å². The molecule has 204 valence electrons. The molecule has 0 aliphatic heterocycles. The van der Waals surface area contributed by atoms with E-state index in [-0.39, 0.29) is 35.6 Å². The fraction of sp³-hybridized carbons (Fsp3) is 0.333. The number of benzene rings is 2. The number of methoxy groups -OCH3 is 1. The van der Waals surface area contributed by atoms with Crippen molar-refractivity contribution in [3.8, 4) is 23.0 Å². The van der Waals surface area contributed by atoms with Crippen LogP contribution in [0, 0.1) is 6.92 Å². The smallest absolute Gasteiger partial charge is 0.227 e. The van der Waals surface area contributed by atoms with Crippen LogP contribution >= 0.6 is 0 Å². The minimum Gasteiger partial charge on any atom is -0.504 e. The molecule has 0 bridgehead atoms. The van der Waals surface area contributed by atoms with Crippen LogP contribution in [0.2, 0.25) is 0 Å². The van der Waals surface area contributed by atoms with E-state index < -0.39 is 17.1 Å². The Bertz CT molecular complexity index is 1590. The second-order valence-electron chi connectivity index (χ2n) is 9.79. The van der Waals surface area contributed by atoms with E-state index in [0.29, 0.717) is 17.9 Å². The second kappa shape index (κ2) is 10.8. The molecule has 1 aliphatic rings. The number of carbonyl (C=O) groups is 1. The number of H-pyrrole nitrogens is 1. The first kappa shape index (κ1) is 26.2. The summed E-state index contributed by atoms with van der Waals surface area (Å²) in [5, 5.41) is 24.9. The Balaban J connectivity index is 1.46. The summed E-state index contributed by atoms with van der Waals surface area (Å²) >= 11 is 0. The number of ether oxygens (including phenoxy) is 2. The number of hydrogen-bond acceptors (Lipinski definition) is 7. The Hall–Kier alpha value is -4.40. The van der Waals surface area contributed by atoms with E-state index in [1.165, 1.54) is 24.8 Å². The van der Waals surface area contributed by atoms with Gasteiger partial charge in [0.05, 0.1) is 25.7 Å². The maximum absolute atomic E-state index is 13.5. The molecule has 9 heteroatoms. The minimum atomic E-state index is -0.799. The van der Waals surface area contributed by atoms with Crippen LogP contribution in [0.5, 0.6) is 23.0 Å². The Morgan fingerprint density at radius 2 is 2.03 bits per heavy atom. The first-order valence-corrected chi connectivity index (χ1v) is 13.1. The summed E-state index contributed by atoms with van der Waals surface area (Å²) in [6, 6.07) is 11.6. The number of nitrogens with one attached hydrogen (secondary N) is 2. The van der Waals surface area contributed by atoms with Crippen LogP contribution in [-0.4, -0.2) is 34.8 Å². The second-order valence-corrected chi connectivity index (χ2v) is 9.79. The van der Waals surface area contributed by atoms with Crippen molar-refractivity contribution < 1.29 is 28.9 Å². The van der Waals surface area contributed by atoms with Crippen LogP contribution in [0.25, 0.3) is 10.9 Å². The van der Waals surface area contributed by atoms with Crippen molar-refractivity contribution in [2.24, 2.45) is 0 Å². The van der Waals surface area contributed by atoms with Crippen LogP contribution in [-0.2, 0) is 11.2 Å². The number of phenolic OH excluding ortho intramolecular Hbond substituents is 1. The molecule has 4 N–H and O–H groups in total. The largest absolute Gasteiger partial charge is 0.504 e. The van der Waals surface area contributed by atoms with E-state index >= 15 is 0 Å². The van der Waals surface area contributed by atoms with Gasteiger partial charge in [0, 0.05) is 29.1 Å². The highest BCUT2D eigenvalue weighted by Gasteiger charge is 2.30. The maximum Gasteiger partial charge on any atom is 0.227 e. The molecule has 2 aromatic carbocycles. The molecule has 1 aliphatic carbocycles. The molecule has 1 amide bonds. The summed E-state index contributed by atoms with van der Waals surface area (Å²) in [5.41, 5.74) is 3.09. The van der Waals surface area contributed by atoms with Gasteiger partial charge in [-0.2, -0.15) is 0 Å². The molecule has 2 heterocycles. The van der Waals surface area contributed by atoms with Crippen molar-refractivity contribution in [2.75, 3.05) is 13.7 Å². The summed E-state index contributed by atoms with van der Waals surface area (Å²) in [5.74, 6) is -0.384. The summed E-state index contributed by atoms with van der Waals surface area (Å²) < 4.78 is 16.7. The van der Waals surface area contributed by atoms with Gasteiger partial charge in [0.1, 0.15) is 11.5 Å². The molecule has 5 rings (SSSR count). The zero-order valence-electron chi connectivity index (χ0n) is 22.2. The van der Waals surface area contributed by atoms with E-state index in [4.69, 9.17) is 13.9 Å². The molecule has 0 fully saturated rings. The van der Waals surface area contributed by atoms with Gasteiger partial charge < -0.3 is 34.4 Å². The van der Waals surface area contributed by atoms with Gasteiger partial charge in [-0.3, -0.25) is 9.59 Å². The Labute approximate surface area is 225 Å². The summed E-state index contributed by atoms with van der Waals surface area (Å²) in [4.78, 5) is 29.4. The number of aryl methyl sites for hydroxylation is 2. The van der Waals surface area contributed by atoms with Crippen LogP contribution in [0.1, 0.15) is 66.5 Å². The molecule has 2 atom stereocenters. The number of hydrogen-bond donors (Lipinski definition) is 4. The summed E-state index contributed by atoms with van der Waals surface area (Å²) in [6.07, 6.45) is 2.48. The monoisotopic (exact) mass is 532 g/mol. The highest BCUT2D eigenvalue weighted by molar-refractivity contribution is 5.87. The lowest BCUT2D eigenvalue weighted by molar-refractivity contribution is -0.122. The fourth-order valence-corrected chi connectivity index (χ4v) is 5.42. The molecule has 0 saturated carbocycles. The van der Waals surface area contributed by atoms with Gasteiger partial charge in [-0.05, 0) is 74.6 Å². The standard InChI is InChI=1S/C30H32N2O7/c1-4-38-18-9-10-22-21(14-18)19-6-5-7-23(28(19)32-22)31-27(35)15-20(17-8-11-24(33)26(13-17)37-3)30-29(36)25(34)12-16(2)39-30/h8-14,20,23,32-33,36H,4-7,15H2,1-3H3,(H,31,35)/t20-,23+/m0/s1. The van der Waals surface area contributed by atoms with Crippen LogP contribution in [0.3, 0.4) is 0 Å². The summed E-state index contributed by atoms with van der Waals surface area (Å²) in [6.45, 7) is 4.14. The van der Waals surface area contributed by atoms with Crippen LogP contribution in [0.15, 0.2) is 51.7 Å². The van der Waals surface area contributed by atoms with Gasteiger partial charge in [0.15, 0.2) is 17.3 Å². The van der Waals surface area contributed by atoms with Gasteiger partial charge >= 0.3 is 0 Å². The quantitative estimate of drug-likeness (QED) is 0.252. The number of carbonyl (C=O) groups excluding carboxylic acids is 1. The van der Waals surface area contributed by atoms with Crippen LogP contribution < -0.4 is 20.2 Å². The lowest BCUT2D eigenvalue weighted by atomic mass is 9.89. The maximum atomic E-state index is 13.5. The SMILES string of the molecule is CCOc1ccc2[nH]c3c(c2c1)CCC[C@H]3NC(=O)C[C@@H](c1ccc(O)c(OC)c1)c1oc(C)cc(=O)c1O. The van der Waals surface area contributed by atoms with E-state index in [9.17, 15) is 19.8 Å². The third-order valence-electron chi connectivity index (χ3n) is 7.21. The van der Waals surface area contributed by atoms with Crippen molar-refractivity contribution in [1.82, 2.24) is 10.3 Å². The number of aromatic amines is 1. The number of aromatic hydroxyl groups is 2. The highest BCUT2D eigenvalue weighted by atomic mass is 16.5. The van der Waals surface area contributed by atoms with E-state index in [1.807, 2.05) is 25.1 Å². The third-order valence-corrected chi connectivity index (χ3v) is 7.21. The Morgan fingerprint density at radius 3 is 2.79 bits per heavy atom. The van der Waals surface area contributed by atoms with Crippen molar-refractivity contribution in [1.29, 1.82) is 0 Å². The molecule has 9 nitrogen and oxygen atoms in total. The topological polar surface area (TPSA) is 134 Å². The highest BCUT2D eigenvalue weighted by Crippen LogP contribution is 2.39. The van der Waals surface area contributed by atoms with Gasteiger partial charge in [-0.25, -0.2) is 0 Å². The number of amides is 1. The Kier molecular flexibility index (Phi) is 7.24. The first-order chi connectivity index (χ1) is 18.8. The fourth-order valence-electron chi connectivity index (χ4n) is 5.42. The predicted octanol–water partition coefficient (Wildman–Crippen LogP) is 4.96. The normalized spacial score (nSPS) is 15.5. The molecule has 4 aromatic rings. The third kappa shape index (κ3) is 5.16. The van der Waals surface area contributed by atoms with Gasteiger partial charge in [0.2, 0.25) is 17.1 Å². The zero-order valence-corrected chi connectivity index (χ0v) is 22.2. The van der Waals surface area contributed by atoms with E-state index in [2.05, 4.69) is 10.3 Å². The van der Waals surface area contributed by atoms with Crippen molar-refractivity contribution in [2.45, 2.75) is 51.5 Å². The molecular weight excluding hydrogens is 500 g/mol. The predicted molar refractivity (Wildman–Crippen MR) is 146 cm³/mol. The van der Waals surface area contributed by atoms with Crippen molar-refractivity contribution in [3.05, 3.63) is 81.0 Å². The van der Waals surface area contributed by atoms with Gasteiger partial charge in [0.25, 0.3) is 0 Å². The number of phenols is 1. The molecule has 0 radical (unpaired) electrons. The van der Waals surface area contributed by atoms with Crippen molar-refractivity contribution in [3.63, 3.8) is 0 Å². The minimum absolute atomic E-state index is 0.0127. The molecule has 0 spiro atoms. The number of fused-ring (bicyclic) bond motifs is 3. The molecule has 39 heavy (non-hydrogen) atoms. The molecule has 0 unspecified atom stereocenters. The molecule has 0 saturated heterocycles. The van der Waals surface area contributed by atoms with E-state index in [0.717, 1.165) is 41.6 Å². The van der Waals surface area contributed by atoms with Crippen molar-refractivity contribution >= 4 is 16.8 Å². The average molecular weight is 533 g/mol. The van der Waals surface area contributed by atoms with E-state index in [1.54, 1.807) is 19.1 Å². The van der Waals surface area contributed by atoms with Gasteiger partial charge in [-0.15, -0.1) is 0 Å². The molecule has 2 aromatic heterocycles. The first-order valence-electron chi connectivity index (χ1n) is 13.1. The lowest BCUT2D eigenvalue weighted by Gasteiger charge is -2.25. The number of rotatable bonds is 8. The lowest BCUT2D eigenvalue weighted by Crippen LogP contribution is -2.32. The number of aromatic nitrogens is 1. The zero-order chi connectivity index (χ0) is 27.7. The molecular formula is C30H32N2O7. The Morgan fingerprint density at radius 1 is 1.21 bits per heavy atom.